The molecule has 5 rings (SSSR count). The van der Waals surface area contributed by atoms with Crippen LogP contribution < -0.4 is 9.64 Å². The highest BCUT2D eigenvalue weighted by atomic mass is 32.2. The third-order valence-corrected chi connectivity index (χ3v) is 7.90. The molecule has 0 radical (unpaired) electrons. The van der Waals surface area contributed by atoms with E-state index in [0.29, 0.717) is 20.7 Å². The van der Waals surface area contributed by atoms with Crippen LogP contribution in [0.5, 0.6) is 5.75 Å². The second-order valence-electron chi connectivity index (χ2n) is 9.16. The number of benzene rings is 1. The van der Waals surface area contributed by atoms with Crippen LogP contribution in [-0.2, 0) is 22.7 Å². The van der Waals surface area contributed by atoms with Crippen LogP contribution in [0.15, 0.2) is 68.5 Å². The van der Waals surface area contributed by atoms with Crippen molar-refractivity contribution in [1.29, 1.82) is 0 Å². The summed E-state index contributed by atoms with van der Waals surface area (Å²) in [7, 11) is 1.60. The average Bonchev–Trinajstić information content (AvgIpc) is 3.68. The summed E-state index contributed by atoms with van der Waals surface area (Å²) in [6.45, 7) is 2.29. The van der Waals surface area contributed by atoms with Crippen molar-refractivity contribution in [2.45, 2.75) is 32.4 Å². The van der Waals surface area contributed by atoms with E-state index in [-0.39, 0.29) is 31.4 Å². The van der Waals surface area contributed by atoms with Crippen molar-refractivity contribution in [3.8, 4) is 5.75 Å². The fraction of sp³-hybridized carbons (Fsp3) is 0.321. The van der Waals surface area contributed by atoms with Gasteiger partial charge in [0.05, 0.1) is 31.4 Å². The van der Waals surface area contributed by atoms with Gasteiger partial charge in [-0.05, 0) is 61.2 Å². The molecule has 2 fully saturated rings. The highest BCUT2D eigenvalue weighted by Gasteiger charge is 2.34. The molecule has 0 N–H and O–H groups in total. The number of methoxy groups -OCH3 is 1. The number of hydrogen-bond acceptors (Lipinski definition) is 8. The average molecular weight is 552 g/mol. The van der Waals surface area contributed by atoms with E-state index in [4.69, 9.17) is 25.8 Å². The van der Waals surface area contributed by atoms with Crippen molar-refractivity contribution in [2.75, 3.05) is 31.6 Å². The first-order chi connectivity index (χ1) is 18.5. The molecule has 0 atom stereocenters. The molecule has 0 aliphatic carbocycles. The number of furan rings is 2. The molecule has 0 unspecified atom stereocenters. The van der Waals surface area contributed by atoms with Gasteiger partial charge in [-0.2, -0.15) is 0 Å². The van der Waals surface area contributed by atoms with Crippen molar-refractivity contribution in [3.63, 3.8) is 0 Å². The summed E-state index contributed by atoms with van der Waals surface area (Å²) < 4.78 is 17.2. The highest BCUT2D eigenvalue weighted by molar-refractivity contribution is 8.26. The van der Waals surface area contributed by atoms with E-state index in [2.05, 4.69) is 4.90 Å². The Morgan fingerprint density at radius 2 is 1.84 bits per heavy atom. The fourth-order valence-electron chi connectivity index (χ4n) is 4.47. The Labute approximate surface area is 231 Å². The Bertz CT molecular complexity index is 1310. The first kappa shape index (κ1) is 26.1. The molecule has 2 saturated heterocycles. The van der Waals surface area contributed by atoms with Crippen molar-refractivity contribution >= 4 is 52.1 Å². The molecule has 2 amide bonds. The second-order valence-corrected chi connectivity index (χ2v) is 10.8. The molecular formula is C28H29N3O5S2. The smallest absolute Gasteiger partial charge is 0.266 e. The normalized spacial score (nSPS) is 16.9. The Kier molecular flexibility index (Phi) is 8.19. The minimum Gasteiger partial charge on any atom is -0.497 e. The molecule has 0 spiro atoms. The largest absolute Gasteiger partial charge is 0.497 e. The van der Waals surface area contributed by atoms with Crippen LogP contribution in [0.3, 0.4) is 0 Å². The molecule has 2 aliphatic heterocycles. The van der Waals surface area contributed by atoms with E-state index in [1.54, 1.807) is 30.4 Å². The molecule has 38 heavy (non-hydrogen) atoms. The van der Waals surface area contributed by atoms with Gasteiger partial charge < -0.3 is 23.4 Å². The minimum atomic E-state index is -0.285. The predicted molar refractivity (Wildman–Crippen MR) is 151 cm³/mol. The van der Waals surface area contributed by atoms with Crippen molar-refractivity contribution in [2.24, 2.45) is 0 Å². The van der Waals surface area contributed by atoms with E-state index in [9.17, 15) is 9.59 Å². The van der Waals surface area contributed by atoms with Gasteiger partial charge in [0.25, 0.3) is 5.91 Å². The second kappa shape index (κ2) is 11.9. The lowest BCUT2D eigenvalue weighted by molar-refractivity contribution is -0.136. The maximum absolute atomic E-state index is 13.5. The van der Waals surface area contributed by atoms with Crippen LogP contribution in [0, 0.1) is 0 Å². The molecule has 2 aromatic heterocycles. The number of thiocarbonyl (C=S) groups is 1. The predicted octanol–water partition coefficient (Wildman–Crippen LogP) is 5.30. The lowest BCUT2D eigenvalue weighted by Gasteiger charge is -2.26. The lowest BCUT2D eigenvalue weighted by atomic mass is 10.1. The number of thioether (sulfide) groups is 1. The van der Waals surface area contributed by atoms with E-state index < -0.39 is 0 Å². The number of rotatable bonds is 9. The maximum atomic E-state index is 13.5. The van der Waals surface area contributed by atoms with Gasteiger partial charge in [-0.3, -0.25) is 14.5 Å². The van der Waals surface area contributed by atoms with Gasteiger partial charge in [0.2, 0.25) is 5.91 Å². The molecule has 4 heterocycles. The molecule has 0 bridgehead atoms. The third kappa shape index (κ3) is 6.14. The van der Waals surface area contributed by atoms with Gasteiger partial charge in [-0.25, -0.2) is 0 Å². The minimum absolute atomic E-state index is 0.162. The van der Waals surface area contributed by atoms with E-state index >= 15 is 0 Å². The van der Waals surface area contributed by atoms with Crippen LogP contribution in [0.2, 0.25) is 0 Å². The summed E-state index contributed by atoms with van der Waals surface area (Å²) >= 11 is 6.66. The van der Waals surface area contributed by atoms with E-state index in [1.165, 1.54) is 23.1 Å². The summed E-state index contributed by atoms with van der Waals surface area (Å²) in [4.78, 5) is 32.4. The standard InChI is InChI=1S/C28H29N3O5S2/c1-34-21-9-7-20(8-10-21)16-24-27(33)31(28(37)38-24)19-25(32)30(17-22-6-5-15-35-22)18-23-11-12-26(36-23)29-13-3-2-4-14-29/h5-12,15-16H,2-4,13-14,17-19H2,1H3/b24-16-. The van der Waals surface area contributed by atoms with Gasteiger partial charge in [-0.15, -0.1) is 0 Å². The van der Waals surface area contributed by atoms with Crippen molar-refractivity contribution < 1.29 is 23.2 Å². The zero-order valence-corrected chi connectivity index (χ0v) is 22.8. The molecule has 1 aromatic carbocycles. The number of piperidine rings is 1. The molecule has 8 nitrogen and oxygen atoms in total. The van der Waals surface area contributed by atoms with Crippen LogP contribution in [0.25, 0.3) is 6.08 Å². The van der Waals surface area contributed by atoms with Crippen LogP contribution in [0.4, 0.5) is 5.88 Å². The molecule has 0 saturated carbocycles. The summed E-state index contributed by atoms with van der Waals surface area (Å²) in [6, 6.07) is 14.9. The van der Waals surface area contributed by atoms with Crippen LogP contribution in [-0.4, -0.2) is 52.7 Å². The topological polar surface area (TPSA) is 79.4 Å². The van der Waals surface area contributed by atoms with Gasteiger partial charge >= 0.3 is 0 Å². The molecule has 198 valence electrons. The van der Waals surface area contributed by atoms with E-state index in [1.807, 2.05) is 42.5 Å². The van der Waals surface area contributed by atoms with Crippen molar-refractivity contribution in [1.82, 2.24) is 9.80 Å². The quantitative estimate of drug-likeness (QED) is 0.262. The zero-order chi connectivity index (χ0) is 26.5. The number of amides is 2. The van der Waals surface area contributed by atoms with Gasteiger partial charge in [0, 0.05) is 19.2 Å². The van der Waals surface area contributed by atoms with Gasteiger partial charge in [-0.1, -0.05) is 36.1 Å². The number of carbonyl (C=O) groups is 2. The summed E-state index contributed by atoms with van der Waals surface area (Å²) in [5.74, 6) is 2.34. The number of anilines is 1. The number of ether oxygens (including phenoxy) is 1. The number of carbonyl (C=O) groups excluding carboxylic acids is 2. The van der Waals surface area contributed by atoms with Gasteiger partial charge in [0.1, 0.15) is 28.1 Å². The lowest BCUT2D eigenvalue weighted by Crippen LogP contribution is -2.41. The van der Waals surface area contributed by atoms with E-state index in [0.717, 1.165) is 43.1 Å². The molecule has 10 heteroatoms. The monoisotopic (exact) mass is 551 g/mol. The van der Waals surface area contributed by atoms with Gasteiger partial charge in [0.15, 0.2) is 5.88 Å². The fourth-order valence-corrected chi connectivity index (χ4v) is 5.73. The number of hydrogen-bond donors (Lipinski definition) is 0. The van der Waals surface area contributed by atoms with Crippen LogP contribution in [0.1, 0.15) is 36.3 Å². The zero-order valence-electron chi connectivity index (χ0n) is 21.1. The Balaban J connectivity index is 1.29. The first-order valence-electron chi connectivity index (χ1n) is 12.5. The summed E-state index contributed by atoms with van der Waals surface area (Å²) in [5, 5.41) is 0. The number of nitrogens with zero attached hydrogens (tertiary/aromatic N) is 3. The molecular weight excluding hydrogens is 522 g/mol. The highest BCUT2D eigenvalue weighted by Crippen LogP contribution is 2.33. The summed E-state index contributed by atoms with van der Waals surface area (Å²) in [6.07, 6.45) is 6.88. The van der Waals surface area contributed by atoms with Crippen LogP contribution >= 0.6 is 24.0 Å². The Morgan fingerprint density at radius 1 is 1.08 bits per heavy atom. The third-order valence-electron chi connectivity index (χ3n) is 6.52. The SMILES string of the molecule is COc1ccc(/C=C2\SC(=S)N(CC(=O)N(Cc3ccco3)Cc3ccc(N4CCCCC4)o3)C2=O)cc1. The summed E-state index contributed by atoms with van der Waals surface area (Å²) in [5.41, 5.74) is 0.847. The first-order valence-corrected chi connectivity index (χ1v) is 13.8. The maximum Gasteiger partial charge on any atom is 0.266 e. The van der Waals surface area contributed by atoms with Crippen molar-refractivity contribution in [3.05, 3.63) is 76.8 Å². The molecule has 3 aromatic rings. The Morgan fingerprint density at radius 3 is 2.55 bits per heavy atom. The molecule has 2 aliphatic rings. The Hall–Kier alpha value is -3.50.